The molecule has 0 saturated carbocycles. The maximum Gasteiger partial charge on any atom is 0.258 e. The van der Waals surface area contributed by atoms with Crippen molar-refractivity contribution < 1.29 is 0 Å². The van der Waals surface area contributed by atoms with Gasteiger partial charge in [0, 0.05) is 25.4 Å². The summed E-state index contributed by atoms with van der Waals surface area (Å²) >= 11 is 0. The minimum atomic E-state index is -0.0219. The van der Waals surface area contributed by atoms with Gasteiger partial charge in [0.1, 0.15) is 5.65 Å². The fraction of sp³-hybridized carbons (Fsp3) is 0.467. The van der Waals surface area contributed by atoms with Crippen LogP contribution in [-0.4, -0.2) is 33.9 Å². The van der Waals surface area contributed by atoms with Gasteiger partial charge in [0.25, 0.3) is 5.56 Å². The van der Waals surface area contributed by atoms with Gasteiger partial charge < -0.3 is 5.73 Å². The number of aromatic nitrogens is 2. The second-order valence-electron chi connectivity index (χ2n) is 5.99. The second kappa shape index (κ2) is 5.00. The van der Waals surface area contributed by atoms with E-state index in [2.05, 4.69) is 16.8 Å². The predicted octanol–water partition coefficient (Wildman–Crippen LogP) is 0.865. The highest BCUT2D eigenvalue weighted by molar-refractivity contribution is 5.37. The van der Waals surface area contributed by atoms with Gasteiger partial charge in [0.15, 0.2) is 0 Å². The van der Waals surface area contributed by atoms with Crippen LogP contribution in [0.5, 0.6) is 0 Å². The predicted molar refractivity (Wildman–Crippen MR) is 78.5 cm³/mol. The zero-order valence-electron chi connectivity index (χ0n) is 11.7. The lowest BCUT2D eigenvalue weighted by atomic mass is 9.90. The van der Waals surface area contributed by atoms with Crippen LogP contribution in [0.25, 0.3) is 5.65 Å². The number of rotatable bonds is 3. The van der Waals surface area contributed by atoms with Crippen molar-refractivity contribution in [2.24, 2.45) is 11.1 Å². The third-order valence-corrected chi connectivity index (χ3v) is 4.14. The molecule has 3 heterocycles. The molecule has 1 aliphatic rings. The maximum absolute atomic E-state index is 12.0. The molecule has 1 aliphatic heterocycles. The number of pyridine rings is 1. The first-order valence-corrected chi connectivity index (χ1v) is 6.99. The van der Waals surface area contributed by atoms with Gasteiger partial charge in [0.2, 0.25) is 0 Å². The monoisotopic (exact) mass is 272 g/mol. The summed E-state index contributed by atoms with van der Waals surface area (Å²) < 4.78 is 1.57. The van der Waals surface area contributed by atoms with Gasteiger partial charge in [-0.15, -0.1) is 0 Å². The number of nitrogens with zero attached hydrogens (tertiary/aromatic N) is 3. The largest absolute Gasteiger partial charge is 0.330 e. The molecule has 3 rings (SSSR count). The molecular weight excluding hydrogens is 252 g/mol. The van der Waals surface area contributed by atoms with Crippen molar-refractivity contribution in [1.82, 2.24) is 14.3 Å². The van der Waals surface area contributed by atoms with Crippen molar-refractivity contribution in [3.63, 3.8) is 0 Å². The molecule has 2 aromatic heterocycles. The SMILES string of the molecule is CC1(CN)CCN(Cc2cc(=O)n3ccccc3n2)C1. The molecule has 1 unspecified atom stereocenters. The first-order valence-electron chi connectivity index (χ1n) is 6.99. The molecule has 0 radical (unpaired) electrons. The Morgan fingerprint density at radius 2 is 2.30 bits per heavy atom. The summed E-state index contributed by atoms with van der Waals surface area (Å²) in [6.07, 6.45) is 2.85. The van der Waals surface area contributed by atoms with Crippen molar-refractivity contribution >= 4 is 5.65 Å². The van der Waals surface area contributed by atoms with Crippen LogP contribution in [-0.2, 0) is 6.54 Å². The summed E-state index contributed by atoms with van der Waals surface area (Å²) in [7, 11) is 0. The van der Waals surface area contributed by atoms with Crippen LogP contribution in [0.2, 0.25) is 0 Å². The van der Waals surface area contributed by atoms with Gasteiger partial charge >= 0.3 is 0 Å². The van der Waals surface area contributed by atoms with Crippen LogP contribution >= 0.6 is 0 Å². The lowest BCUT2D eigenvalue weighted by Gasteiger charge is -2.22. The molecular formula is C15H20N4O. The van der Waals surface area contributed by atoms with Gasteiger partial charge in [-0.1, -0.05) is 13.0 Å². The highest BCUT2D eigenvalue weighted by Crippen LogP contribution is 2.29. The van der Waals surface area contributed by atoms with E-state index in [1.165, 1.54) is 0 Å². The first-order chi connectivity index (χ1) is 9.59. The van der Waals surface area contributed by atoms with E-state index in [0.29, 0.717) is 12.2 Å². The Balaban J connectivity index is 1.84. The van der Waals surface area contributed by atoms with E-state index >= 15 is 0 Å². The average Bonchev–Trinajstić information content (AvgIpc) is 2.81. The Kier molecular flexibility index (Phi) is 3.31. The lowest BCUT2D eigenvalue weighted by Crippen LogP contribution is -2.31. The second-order valence-corrected chi connectivity index (χ2v) is 5.99. The molecule has 0 amide bonds. The topological polar surface area (TPSA) is 63.6 Å². The summed E-state index contributed by atoms with van der Waals surface area (Å²) in [6.45, 7) is 5.63. The van der Waals surface area contributed by atoms with E-state index in [-0.39, 0.29) is 11.0 Å². The minimum Gasteiger partial charge on any atom is -0.330 e. The van der Waals surface area contributed by atoms with E-state index in [1.54, 1.807) is 16.7 Å². The average molecular weight is 272 g/mol. The summed E-state index contributed by atoms with van der Waals surface area (Å²) in [4.78, 5) is 18.9. The van der Waals surface area contributed by atoms with Crippen molar-refractivity contribution in [2.75, 3.05) is 19.6 Å². The fourth-order valence-corrected chi connectivity index (χ4v) is 2.84. The fourth-order valence-electron chi connectivity index (χ4n) is 2.84. The Labute approximate surface area is 118 Å². The quantitative estimate of drug-likeness (QED) is 0.900. The standard InChI is InChI=1S/C15H20N4O/c1-15(10-16)5-7-18(11-15)9-12-8-14(20)19-6-3-2-4-13(19)17-12/h2-4,6,8H,5,7,9-11,16H2,1H3. The van der Waals surface area contributed by atoms with E-state index in [4.69, 9.17) is 5.73 Å². The van der Waals surface area contributed by atoms with Crippen molar-refractivity contribution in [2.45, 2.75) is 19.9 Å². The highest BCUT2D eigenvalue weighted by Gasteiger charge is 2.32. The molecule has 0 aliphatic carbocycles. The molecule has 1 fully saturated rings. The van der Waals surface area contributed by atoms with Crippen molar-refractivity contribution in [3.05, 3.63) is 46.5 Å². The lowest BCUT2D eigenvalue weighted by molar-refractivity contribution is 0.272. The van der Waals surface area contributed by atoms with Crippen LogP contribution in [0.4, 0.5) is 0 Å². The molecule has 2 N–H and O–H groups in total. The minimum absolute atomic E-state index is 0.0219. The first kappa shape index (κ1) is 13.3. The van der Waals surface area contributed by atoms with Gasteiger partial charge in [-0.2, -0.15) is 0 Å². The summed E-state index contributed by atoms with van der Waals surface area (Å²) in [5.74, 6) is 0. The van der Waals surface area contributed by atoms with Crippen molar-refractivity contribution in [1.29, 1.82) is 0 Å². The smallest absolute Gasteiger partial charge is 0.258 e. The van der Waals surface area contributed by atoms with Crippen LogP contribution in [0.1, 0.15) is 19.0 Å². The van der Waals surface area contributed by atoms with Crippen LogP contribution < -0.4 is 11.3 Å². The van der Waals surface area contributed by atoms with Crippen LogP contribution in [0, 0.1) is 5.41 Å². The van der Waals surface area contributed by atoms with Gasteiger partial charge in [-0.05, 0) is 37.1 Å². The molecule has 5 nitrogen and oxygen atoms in total. The molecule has 106 valence electrons. The van der Waals surface area contributed by atoms with E-state index in [1.807, 2.05) is 18.2 Å². The highest BCUT2D eigenvalue weighted by atomic mass is 16.1. The zero-order valence-corrected chi connectivity index (χ0v) is 11.7. The molecule has 20 heavy (non-hydrogen) atoms. The van der Waals surface area contributed by atoms with Gasteiger partial charge in [0.05, 0.1) is 5.69 Å². The molecule has 2 aromatic rings. The molecule has 5 heteroatoms. The Bertz CT molecular complexity index is 681. The zero-order chi connectivity index (χ0) is 14.2. The van der Waals surface area contributed by atoms with Gasteiger partial charge in [-0.3, -0.25) is 14.1 Å². The third kappa shape index (κ3) is 2.46. The maximum atomic E-state index is 12.0. The molecule has 1 saturated heterocycles. The molecule has 0 aromatic carbocycles. The van der Waals surface area contributed by atoms with Crippen LogP contribution in [0.3, 0.4) is 0 Å². The van der Waals surface area contributed by atoms with E-state index in [9.17, 15) is 4.79 Å². The van der Waals surface area contributed by atoms with Gasteiger partial charge in [-0.25, -0.2) is 4.98 Å². The Hall–Kier alpha value is -1.72. The third-order valence-electron chi connectivity index (χ3n) is 4.14. The van der Waals surface area contributed by atoms with Crippen LogP contribution in [0.15, 0.2) is 35.3 Å². The van der Waals surface area contributed by atoms with Crippen molar-refractivity contribution in [3.8, 4) is 0 Å². The van der Waals surface area contributed by atoms with E-state index in [0.717, 1.165) is 31.7 Å². The Morgan fingerprint density at radius 1 is 1.45 bits per heavy atom. The normalized spacial score (nSPS) is 23.5. The number of hydrogen-bond acceptors (Lipinski definition) is 4. The summed E-state index contributed by atoms with van der Waals surface area (Å²) in [5.41, 5.74) is 7.55. The Morgan fingerprint density at radius 3 is 3.05 bits per heavy atom. The number of fused-ring (bicyclic) bond motifs is 1. The molecule has 1 atom stereocenters. The molecule has 0 bridgehead atoms. The van der Waals surface area contributed by atoms with E-state index < -0.39 is 0 Å². The number of hydrogen-bond donors (Lipinski definition) is 1. The summed E-state index contributed by atoms with van der Waals surface area (Å²) in [6, 6.07) is 7.22. The number of nitrogens with two attached hydrogens (primary N) is 1. The summed E-state index contributed by atoms with van der Waals surface area (Å²) in [5, 5.41) is 0. The molecule has 0 spiro atoms. The number of likely N-dealkylation sites (tertiary alicyclic amines) is 1.